The molecule has 0 atom stereocenters. The van der Waals surface area contributed by atoms with Crippen LogP contribution in [0.25, 0.3) is 11.4 Å². The molecule has 0 aliphatic carbocycles. The minimum absolute atomic E-state index is 0.0181. The largest absolute Gasteiger partial charge is 0.345 e. The lowest BCUT2D eigenvalue weighted by molar-refractivity contribution is 0.369. The molecule has 0 amide bonds. The summed E-state index contributed by atoms with van der Waals surface area (Å²) < 4.78 is 34.3. The first kappa shape index (κ1) is 17.2. The molecule has 150 valence electrons. The molecule has 3 aliphatic heterocycles. The van der Waals surface area contributed by atoms with Crippen LogP contribution < -0.4 is 9.91 Å². The third-order valence-electron chi connectivity index (χ3n) is 5.07. The van der Waals surface area contributed by atoms with Crippen molar-refractivity contribution < 1.29 is 13.3 Å². The highest BCUT2D eigenvalue weighted by Crippen LogP contribution is 2.40. The quantitative estimate of drug-likeness (QED) is 0.580. The average Bonchev–Trinajstić information content (AvgIpc) is 3.45. The van der Waals surface area contributed by atoms with Crippen molar-refractivity contribution in [2.75, 3.05) is 23.2 Å². The Morgan fingerprint density at radius 3 is 2.80 bits per heavy atom. The Morgan fingerprint density at radius 2 is 1.93 bits per heavy atom. The smallest absolute Gasteiger partial charge is 0.313 e. The second kappa shape index (κ2) is 6.17. The summed E-state index contributed by atoms with van der Waals surface area (Å²) in [5.74, 6) is 0.0588. The van der Waals surface area contributed by atoms with Crippen molar-refractivity contribution in [1.29, 1.82) is 0 Å². The monoisotopic (exact) mass is 427 g/mol. The molecule has 3 aliphatic rings. The summed E-state index contributed by atoms with van der Waals surface area (Å²) in [5.41, 5.74) is 1.97. The highest BCUT2D eigenvalue weighted by molar-refractivity contribution is 6.15. The van der Waals surface area contributed by atoms with E-state index in [0.717, 1.165) is 29.2 Å². The molecule has 0 radical (unpaired) electrons. The number of hydrogen-bond acceptors (Lipinski definition) is 8. The minimum atomic E-state index is -0.768. The zero-order chi connectivity index (χ0) is 20.4. The number of amidine groups is 1. The van der Waals surface area contributed by atoms with Gasteiger partial charge in [-0.3, -0.25) is 4.42 Å². The Kier molecular flexibility index (Phi) is 3.54. The number of aliphatic imine (C=N–C) groups is 1. The number of anilines is 2. The van der Waals surface area contributed by atoms with Crippen LogP contribution in [0.1, 0.15) is 5.56 Å². The van der Waals surface area contributed by atoms with E-state index in [4.69, 9.17) is 16.3 Å². The molecule has 0 saturated heterocycles. The molecule has 30 heavy (non-hydrogen) atoms. The molecule has 6 rings (SSSR count). The Hall–Kier alpha value is -3.66. The van der Waals surface area contributed by atoms with Gasteiger partial charge in [0.1, 0.15) is 25.0 Å². The maximum absolute atomic E-state index is 14.1. The summed E-state index contributed by atoms with van der Waals surface area (Å²) >= 11 is 6.26. The summed E-state index contributed by atoms with van der Waals surface area (Å²) in [6, 6.07) is 11.2. The highest BCUT2D eigenvalue weighted by Gasteiger charge is 2.43. The van der Waals surface area contributed by atoms with Crippen molar-refractivity contribution in [3.63, 3.8) is 0 Å². The van der Waals surface area contributed by atoms with E-state index in [1.165, 1.54) is 6.07 Å². The molecular weight excluding hydrogens is 416 g/mol. The SMILES string of the molecule is Fc1ccc(-c2noc(N3CN=C4c5ccccc5N5CN(Cl)C=C5N43)n2)c(F)c1. The summed E-state index contributed by atoms with van der Waals surface area (Å²) in [7, 11) is 0. The number of benzene rings is 2. The van der Waals surface area contributed by atoms with Crippen LogP contribution in [0.5, 0.6) is 0 Å². The van der Waals surface area contributed by atoms with Crippen molar-refractivity contribution in [1.82, 2.24) is 19.6 Å². The van der Waals surface area contributed by atoms with Gasteiger partial charge in [-0.15, -0.1) is 0 Å². The van der Waals surface area contributed by atoms with Crippen molar-refractivity contribution in [3.8, 4) is 11.4 Å². The fourth-order valence-corrected chi connectivity index (χ4v) is 3.96. The van der Waals surface area contributed by atoms with Crippen molar-refractivity contribution in [3.05, 3.63) is 71.7 Å². The van der Waals surface area contributed by atoms with E-state index in [0.29, 0.717) is 12.5 Å². The summed E-state index contributed by atoms with van der Waals surface area (Å²) in [5, 5.41) is 7.38. The molecule has 0 saturated carbocycles. The molecule has 0 fully saturated rings. The second-order valence-corrected chi connectivity index (χ2v) is 7.27. The first-order chi connectivity index (χ1) is 14.6. The number of hydrazine groups is 1. The Morgan fingerprint density at radius 1 is 1.07 bits per heavy atom. The van der Waals surface area contributed by atoms with Crippen molar-refractivity contribution >= 4 is 29.3 Å². The van der Waals surface area contributed by atoms with E-state index in [9.17, 15) is 8.78 Å². The van der Waals surface area contributed by atoms with Gasteiger partial charge in [0.05, 0.1) is 17.5 Å². The van der Waals surface area contributed by atoms with E-state index in [-0.39, 0.29) is 24.1 Å². The van der Waals surface area contributed by atoms with Gasteiger partial charge >= 0.3 is 6.01 Å². The predicted octanol–water partition coefficient (Wildman–Crippen LogP) is 3.50. The number of nitrogens with zero attached hydrogens (tertiary/aromatic N) is 7. The van der Waals surface area contributed by atoms with E-state index < -0.39 is 11.6 Å². The molecule has 11 heteroatoms. The molecular formula is C19H12ClF2N7O. The lowest BCUT2D eigenvalue weighted by Crippen LogP contribution is -2.49. The van der Waals surface area contributed by atoms with Crippen molar-refractivity contribution in [2.45, 2.75) is 0 Å². The van der Waals surface area contributed by atoms with E-state index >= 15 is 0 Å². The molecule has 0 unspecified atom stereocenters. The summed E-state index contributed by atoms with van der Waals surface area (Å²) in [6.07, 6.45) is 1.78. The van der Waals surface area contributed by atoms with Gasteiger partial charge in [0, 0.05) is 23.4 Å². The third kappa shape index (κ3) is 2.40. The van der Waals surface area contributed by atoms with Crippen LogP contribution in [0.3, 0.4) is 0 Å². The van der Waals surface area contributed by atoms with E-state index in [1.807, 2.05) is 34.2 Å². The molecule has 0 bridgehead atoms. The van der Waals surface area contributed by atoms with Crippen molar-refractivity contribution in [2.24, 2.45) is 4.99 Å². The number of hydrogen-bond donors (Lipinski definition) is 0. The van der Waals surface area contributed by atoms with Gasteiger partial charge in [-0.1, -0.05) is 17.3 Å². The number of para-hydroxylation sites is 1. The standard InChI is InChI=1S/C19H12ClF2N7O/c20-26-8-16-27(10-26)15-4-2-1-3-13(15)18-23-9-28(29(16)18)19-24-17(25-30-19)12-6-5-11(21)7-14(12)22/h1-8H,9-10H2. The fourth-order valence-electron chi connectivity index (χ4n) is 3.77. The van der Waals surface area contributed by atoms with Crippen LogP contribution in [0.4, 0.5) is 20.5 Å². The lowest BCUT2D eigenvalue weighted by Gasteiger charge is -2.38. The van der Waals surface area contributed by atoms with Crippen LogP contribution in [0.15, 0.2) is 64.0 Å². The molecule has 0 spiro atoms. The van der Waals surface area contributed by atoms with Gasteiger partial charge in [-0.2, -0.15) is 4.98 Å². The zero-order valence-electron chi connectivity index (χ0n) is 15.2. The van der Waals surface area contributed by atoms with Crippen LogP contribution in [-0.2, 0) is 0 Å². The minimum Gasteiger partial charge on any atom is -0.313 e. The molecule has 0 N–H and O–H groups in total. The van der Waals surface area contributed by atoms with Gasteiger partial charge in [-0.25, -0.2) is 23.8 Å². The molecule has 2 aromatic carbocycles. The van der Waals surface area contributed by atoms with Crippen LogP contribution >= 0.6 is 11.8 Å². The first-order valence-corrected chi connectivity index (χ1v) is 9.36. The number of halogens is 3. The average molecular weight is 428 g/mol. The lowest BCUT2D eigenvalue weighted by atomic mass is 10.1. The normalized spacial score (nSPS) is 17.0. The molecule has 8 nitrogen and oxygen atoms in total. The Balaban J connectivity index is 1.41. The van der Waals surface area contributed by atoms with E-state index in [1.54, 1.807) is 15.6 Å². The van der Waals surface area contributed by atoms with Gasteiger partial charge in [0.2, 0.25) is 5.82 Å². The first-order valence-electron chi connectivity index (χ1n) is 9.02. The highest BCUT2D eigenvalue weighted by atomic mass is 35.5. The van der Waals surface area contributed by atoms with Gasteiger partial charge < -0.3 is 9.42 Å². The number of aromatic nitrogens is 2. The fraction of sp³-hybridized carbons (Fsp3) is 0.105. The summed E-state index contributed by atoms with van der Waals surface area (Å²) in [4.78, 5) is 11.0. The van der Waals surface area contributed by atoms with Crippen LogP contribution in [0, 0.1) is 11.6 Å². The third-order valence-corrected chi connectivity index (χ3v) is 5.27. The Bertz CT molecular complexity index is 1240. The van der Waals surface area contributed by atoms with Gasteiger partial charge in [0.25, 0.3) is 0 Å². The number of fused-ring (bicyclic) bond motifs is 6. The second-order valence-electron chi connectivity index (χ2n) is 6.83. The maximum atomic E-state index is 14.1. The maximum Gasteiger partial charge on any atom is 0.345 e. The molecule has 4 heterocycles. The zero-order valence-corrected chi connectivity index (χ0v) is 16.0. The number of rotatable bonds is 2. The van der Waals surface area contributed by atoms with Gasteiger partial charge in [-0.05, 0) is 24.3 Å². The van der Waals surface area contributed by atoms with Crippen LogP contribution in [0.2, 0.25) is 0 Å². The topological polar surface area (TPSA) is 64.2 Å². The molecule has 1 aromatic heterocycles. The summed E-state index contributed by atoms with van der Waals surface area (Å²) in [6.45, 7) is 0.687. The van der Waals surface area contributed by atoms with Gasteiger partial charge in [0.15, 0.2) is 11.7 Å². The Labute approximate surface area is 173 Å². The van der Waals surface area contributed by atoms with E-state index in [2.05, 4.69) is 15.1 Å². The van der Waals surface area contributed by atoms with Crippen LogP contribution in [-0.4, -0.2) is 38.7 Å². The molecule has 3 aromatic rings. The predicted molar refractivity (Wildman–Crippen MR) is 105 cm³/mol.